The number of nitrogens with zero attached hydrogens (tertiary/aromatic N) is 4. The summed E-state index contributed by atoms with van der Waals surface area (Å²) < 4.78 is 1.78. The van der Waals surface area contributed by atoms with Crippen molar-refractivity contribution in [2.75, 3.05) is 11.9 Å². The topological polar surface area (TPSA) is 51.0 Å². The van der Waals surface area contributed by atoms with Gasteiger partial charge < -0.3 is 0 Å². The highest BCUT2D eigenvalue weighted by atomic mass is 16.1. The van der Waals surface area contributed by atoms with Crippen molar-refractivity contribution in [3.05, 3.63) is 41.6 Å². The van der Waals surface area contributed by atoms with Gasteiger partial charge in [-0.25, -0.2) is 4.68 Å². The normalized spacial score (nSPS) is 10.2. The first-order valence-corrected chi connectivity index (χ1v) is 5.34. The smallest absolute Gasteiger partial charge is 0.215 e. The summed E-state index contributed by atoms with van der Waals surface area (Å²) in [6.07, 6.45) is 0.726. The standard InChI is InChI=1S/C12H14N4O/c1-10-12(15(2)9-17)13-14-16(10)8-11-6-4-3-5-7-11/h3-7,9H,8H2,1-2H3. The molecule has 0 aliphatic rings. The minimum atomic E-state index is 0.593. The Kier molecular flexibility index (Phi) is 3.18. The second kappa shape index (κ2) is 4.78. The van der Waals surface area contributed by atoms with E-state index in [2.05, 4.69) is 10.3 Å². The number of aromatic nitrogens is 3. The van der Waals surface area contributed by atoms with E-state index in [1.807, 2.05) is 37.3 Å². The average Bonchev–Trinajstić information content (AvgIpc) is 2.72. The lowest BCUT2D eigenvalue weighted by molar-refractivity contribution is -0.107. The van der Waals surface area contributed by atoms with Crippen molar-refractivity contribution in [3.8, 4) is 0 Å². The Morgan fingerprint density at radius 2 is 2.06 bits per heavy atom. The molecule has 0 bridgehead atoms. The van der Waals surface area contributed by atoms with Crippen LogP contribution < -0.4 is 4.90 Å². The molecule has 0 unspecified atom stereocenters. The molecule has 0 atom stereocenters. The summed E-state index contributed by atoms with van der Waals surface area (Å²) in [5.74, 6) is 0.593. The summed E-state index contributed by atoms with van der Waals surface area (Å²) in [6, 6.07) is 10.0. The zero-order chi connectivity index (χ0) is 12.3. The average molecular weight is 230 g/mol. The summed E-state index contributed by atoms with van der Waals surface area (Å²) >= 11 is 0. The van der Waals surface area contributed by atoms with Crippen molar-refractivity contribution < 1.29 is 4.79 Å². The van der Waals surface area contributed by atoms with Crippen LogP contribution >= 0.6 is 0 Å². The zero-order valence-corrected chi connectivity index (χ0v) is 9.87. The molecule has 0 aliphatic heterocycles. The van der Waals surface area contributed by atoms with Crippen molar-refractivity contribution in [2.24, 2.45) is 0 Å². The quantitative estimate of drug-likeness (QED) is 0.742. The molecule has 0 saturated heterocycles. The monoisotopic (exact) mass is 230 g/mol. The lowest BCUT2D eigenvalue weighted by Gasteiger charge is -2.08. The molecule has 0 aliphatic carbocycles. The zero-order valence-electron chi connectivity index (χ0n) is 9.87. The van der Waals surface area contributed by atoms with E-state index < -0.39 is 0 Å². The fourth-order valence-electron chi connectivity index (χ4n) is 1.63. The Balaban J connectivity index is 2.23. The predicted octanol–water partition coefficient (Wildman–Crippen LogP) is 1.23. The molecule has 5 nitrogen and oxygen atoms in total. The van der Waals surface area contributed by atoms with Crippen LogP contribution in [-0.2, 0) is 11.3 Å². The van der Waals surface area contributed by atoms with Crippen molar-refractivity contribution in [1.82, 2.24) is 15.0 Å². The number of benzene rings is 1. The van der Waals surface area contributed by atoms with Gasteiger partial charge in [0, 0.05) is 7.05 Å². The minimum absolute atomic E-state index is 0.593. The molecule has 5 heteroatoms. The molecule has 88 valence electrons. The summed E-state index contributed by atoms with van der Waals surface area (Å²) in [4.78, 5) is 12.1. The van der Waals surface area contributed by atoms with Crippen LogP contribution in [0.2, 0.25) is 0 Å². The second-order valence-electron chi connectivity index (χ2n) is 3.86. The number of carbonyl (C=O) groups excluding carboxylic acids is 1. The van der Waals surface area contributed by atoms with Crippen molar-refractivity contribution in [1.29, 1.82) is 0 Å². The van der Waals surface area contributed by atoms with Crippen LogP contribution in [0.25, 0.3) is 0 Å². The van der Waals surface area contributed by atoms with Gasteiger partial charge >= 0.3 is 0 Å². The number of rotatable bonds is 4. The van der Waals surface area contributed by atoms with Crippen LogP contribution in [0.4, 0.5) is 5.82 Å². The third kappa shape index (κ3) is 2.33. The first-order valence-electron chi connectivity index (χ1n) is 5.34. The highest BCUT2D eigenvalue weighted by Crippen LogP contribution is 2.14. The van der Waals surface area contributed by atoms with E-state index in [0.717, 1.165) is 17.7 Å². The van der Waals surface area contributed by atoms with E-state index in [-0.39, 0.29) is 0 Å². The maximum absolute atomic E-state index is 10.7. The maximum atomic E-state index is 10.7. The molecule has 0 fully saturated rings. The van der Waals surface area contributed by atoms with Crippen molar-refractivity contribution in [2.45, 2.75) is 13.5 Å². The molecule has 2 aromatic rings. The summed E-state index contributed by atoms with van der Waals surface area (Å²) in [5, 5.41) is 8.04. The summed E-state index contributed by atoms with van der Waals surface area (Å²) in [6.45, 7) is 2.56. The Bertz CT molecular complexity index is 506. The highest BCUT2D eigenvalue weighted by Gasteiger charge is 2.11. The molecule has 0 saturated carbocycles. The lowest BCUT2D eigenvalue weighted by Crippen LogP contribution is -2.15. The van der Waals surface area contributed by atoms with Crippen LogP contribution in [-0.4, -0.2) is 28.5 Å². The van der Waals surface area contributed by atoms with E-state index in [1.165, 1.54) is 4.90 Å². The number of hydrogen-bond acceptors (Lipinski definition) is 3. The summed E-state index contributed by atoms with van der Waals surface area (Å²) in [5.41, 5.74) is 2.03. The molecule has 1 heterocycles. The van der Waals surface area contributed by atoms with E-state index in [0.29, 0.717) is 12.4 Å². The Morgan fingerprint density at radius 3 is 2.71 bits per heavy atom. The van der Waals surface area contributed by atoms with Gasteiger partial charge in [-0.3, -0.25) is 9.69 Å². The molecule has 0 radical (unpaired) electrons. The van der Waals surface area contributed by atoms with E-state index in [1.54, 1.807) is 11.7 Å². The van der Waals surface area contributed by atoms with E-state index in [4.69, 9.17) is 0 Å². The van der Waals surface area contributed by atoms with Gasteiger partial charge in [-0.2, -0.15) is 0 Å². The van der Waals surface area contributed by atoms with Crippen molar-refractivity contribution >= 4 is 12.2 Å². The molecule has 0 spiro atoms. The largest absolute Gasteiger partial charge is 0.300 e. The molecule has 1 aromatic heterocycles. The Hall–Kier alpha value is -2.17. The van der Waals surface area contributed by atoms with E-state index >= 15 is 0 Å². The van der Waals surface area contributed by atoms with Gasteiger partial charge in [0.2, 0.25) is 6.41 Å². The van der Waals surface area contributed by atoms with Crippen molar-refractivity contribution in [3.63, 3.8) is 0 Å². The van der Waals surface area contributed by atoms with Gasteiger partial charge in [0.25, 0.3) is 0 Å². The molecule has 2 rings (SSSR count). The van der Waals surface area contributed by atoms with Crippen LogP contribution in [0, 0.1) is 6.92 Å². The Morgan fingerprint density at radius 1 is 1.35 bits per heavy atom. The fourth-order valence-corrected chi connectivity index (χ4v) is 1.63. The van der Waals surface area contributed by atoms with Crippen LogP contribution in [0.5, 0.6) is 0 Å². The molecular formula is C12H14N4O. The number of carbonyl (C=O) groups is 1. The van der Waals surface area contributed by atoms with E-state index in [9.17, 15) is 4.79 Å². The summed E-state index contributed by atoms with van der Waals surface area (Å²) in [7, 11) is 1.66. The minimum Gasteiger partial charge on any atom is -0.300 e. The maximum Gasteiger partial charge on any atom is 0.215 e. The Labute approximate surface area is 99.7 Å². The SMILES string of the molecule is Cc1c(N(C)C=O)nnn1Cc1ccccc1. The number of amides is 1. The van der Waals surface area contributed by atoms with Gasteiger partial charge in [0.1, 0.15) is 0 Å². The lowest BCUT2D eigenvalue weighted by atomic mass is 10.2. The van der Waals surface area contributed by atoms with Gasteiger partial charge in [-0.1, -0.05) is 35.5 Å². The van der Waals surface area contributed by atoms with Gasteiger partial charge in [0.15, 0.2) is 5.82 Å². The molecule has 1 aromatic carbocycles. The number of hydrogen-bond donors (Lipinski definition) is 0. The van der Waals surface area contributed by atoms with Crippen LogP contribution in [0.1, 0.15) is 11.3 Å². The van der Waals surface area contributed by atoms with Gasteiger partial charge in [-0.15, -0.1) is 5.10 Å². The molecular weight excluding hydrogens is 216 g/mol. The third-order valence-electron chi connectivity index (χ3n) is 2.63. The second-order valence-corrected chi connectivity index (χ2v) is 3.86. The number of anilines is 1. The first kappa shape index (κ1) is 11.3. The molecule has 0 N–H and O–H groups in total. The van der Waals surface area contributed by atoms with Gasteiger partial charge in [0.05, 0.1) is 12.2 Å². The van der Waals surface area contributed by atoms with Gasteiger partial charge in [-0.05, 0) is 12.5 Å². The van der Waals surface area contributed by atoms with Crippen LogP contribution in [0.15, 0.2) is 30.3 Å². The molecule has 17 heavy (non-hydrogen) atoms. The molecule has 1 amide bonds. The first-order chi connectivity index (χ1) is 8.22. The third-order valence-corrected chi connectivity index (χ3v) is 2.63. The van der Waals surface area contributed by atoms with Crippen LogP contribution in [0.3, 0.4) is 0 Å². The predicted molar refractivity (Wildman–Crippen MR) is 64.8 cm³/mol. The fraction of sp³-hybridized carbons (Fsp3) is 0.250. The highest BCUT2D eigenvalue weighted by molar-refractivity contribution is 5.72.